The SMILES string of the molecule is COc1ccc(S(=O)(=O)N2CCC(c3nnc4n3CCCCC4)CC2)cc1. The Morgan fingerprint density at radius 3 is 2.44 bits per heavy atom. The molecule has 0 atom stereocenters. The second-order valence-electron chi connectivity index (χ2n) is 7.29. The molecule has 1 aromatic carbocycles. The molecular formula is C19H26N4O3S. The summed E-state index contributed by atoms with van der Waals surface area (Å²) in [5.41, 5.74) is 0. The van der Waals surface area contributed by atoms with Gasteiger partial charge in [0.15, 0.2) is 0 Å². The van der Waals surface area contributed by atoms with Crippen molar-refractivity contribution in [3.63, 3.8) is 0 Å². The van der Waals surface area contributed by atoms with Crippen molar-refractivity contribution in [3.8, 4) is 5.75 Å². The Bertz CT molecular complexity index is 884. The third-order valence-electron chi connectivity index (χ3n) is 5.65. The zero-order chi connectivity index (χ0) is 18.9. The monoisotopic (exact) mass is 390 g/mol. The van der Waals surface area contributed by atoms with E-state index in [-0.39, 0.29) is 5.92 Å². The van der Waals surface area contributed by atoms with Gasteiger partial charge in [0.2, 0.25) is 10.0 Å². The smallest absolute Gasteiger partial charge is 0.243 e. The lowest BCUT2D eigenvalue weighted by Gasteiger charge is -2.31. The summed E-state index contributed by atoms with van der Waals surface area (Å²) in [5.74, 6) is 3.08. The maximum atomic E-state index is 12.9. The molecule has 1 aromatic heterocycles. The zero-order valence-corrected chi connectivity index (χ0v) is 16.5. The fraction of sp³-hybridized carbons (Fsp3) is 0.579. The van der Waals surface area contributed by atoms with Gasteiger partial charge in [-0.3, -0.25) is 0 Å². The Balaban J connectivity index is 1.46. The number of hydrogen-bond acceptors (Lipinski definition) is 5. The van der Waals surface area contributed by atoms with Crippen LogP contribution in [0.15, 0.2) is 29.2 Å². The van der Waals surface area contributed by atoms with Crippen molar-refractivity contribution in [1.29, 1.82) is 0 Å². The summed E-state index contributed by atoms with van der Waals surface area (Å²) in [6.07, 6.45) is 6.15. The first-order chi connectivity index (χ1) is 13.1. The van der Waals surface area contributed by atoms with Crippen molar-refractivity contribution < 1.29 is 13.2 Å². The standard InChI is InChI=1S/C19H26N4O3S/c1-26-16-6-8-17(9-7-16)27(24,25)22-13-10-15(11-14-22)19-21-20-18-5-3-2-4-12-23(18)19/h6-9,15H,2-5,10-14H2,1H3. The number of piperidine rings is 1. The highest BCUT2D eigenvalue weighted by Gasteiger charge is 2.32. The third-order valence-corrected chi connectivity index (χ3v) is 7.57. The minimum atomic E-state index is -3.47. The van der Waals surface area contributed by atoms with Crippen LogP contribution in [0.2, 0.25) is 0 Å². The van der Waals surface area contributed by atoms with Gasteiger partial charge >= 0.3 is 0 Å². The van der Waals surface area contributed by atoms with Gasteiger partial charge < -0.3 is 9.30 Å². The summed E-state index contributed by atoms with van der Waals surface area (Å²) in [6.45, 7) is 2.02. The van der Waals surface area contributed by atoms with Crippen molar-refractivity contribution in [3.05, 3.63) is 35.9 Å². The van der Waals surface area contributed by atoms with Crippen molar-refractivity contribution in [2.24, 2.45) is 0 Å². The van der Waals surface area contributed by atoms with E-state index in [0.717, 1.165) is 37.5 Å². The third kappa shape index (κ3) is 3.60. The van der Waals surface area contributed by atoms with Crippen LogP contribution in [0.3, 0.4) is 0 Å². The number of nitrogens with zero attached hydrogens (tertiary/aromatic N) is 4. The maximum Gasteiger partial charge on any atom is 0.243 e. The molecule has 146 valence electrons. The summed E-state index contributed by atoms with van der Waals surface area (Å²) in [5, 5.41) is 8.85. The van der Waals surface area contributed by atoms with E-state index < -0.39 is 10.0 Å². The van der Waals surface area contributed by atoms with Crippen LogP contribution in [0.5, 0.6) is 5.75 Å². The van der Waals surface area contributed by atoms with Crippen molar-refractivity contribution in [1.82, 2.24) is 19.1 Å². The molecule has 0 bridgehead atoms. The van der Waals surface area contributed by atoms with Gasteiger partial charge in [-0.25, -0.2) is 8.42 Å². The molecule has 27 heavy (non-hydrogen) atoms. The van der Waals surface area contributed by atoms with Gasteiger partial charge in [-0.1, -0.05) is 6.42 Å². The van der Waals surface area contributed by atoms with Crippen LogP contribution < -0.4 is 4.74 Å². The average Bonchev–Trinajstić information content (AvgIpc) is 2.96. The molecule has 0 aliphatic carbocycles. The molecule has 0 radical (unpaired) electrons. The average molecular weight is 391 g/mol. The Kier molecular flexibility index (Phi) is 5.19. The van der Waals surface area contributed by atoms with E-state index in [9.17, 15) is 8.42 Å². The predicted molar refractivity (Wildman–Crippen MR) is 101 cm³/mol. The van der Waals surface area contributed by atoms with Gasteiger partial charge in [-0.05, 0) is 49.9 Å². The highest BCUT2D eigenvalue weighted by atomic mass is 32.2. The van der Waals surface area contributed by atoms with E-state index in [2.05, 4.69) is 14.8 Å². The van der Waals surface area contributed by atoms with Gasteiger partial charge in [0.05, 0.1) is 12.0 Å². The number of aromatic nitrogens is 3. The number of hydrogen-bond donors (Lipinski definition) is 0. The lowest BCUT2D eigenvalue weighted by Crippen LogP contribution is -2.38. The van der Waals surface area contributed by atoms with E-state index in [4.69, 9.17) is 4.74 Å². The van der Waals surface area contributed by atoms with Gasteiger partial charge in [0.1, 0.15) is 17.4 Å². The molecule has 2 aliphatic rings. The number of methoxy groups -OCH3 is 1. The highest BCUT2D eigenvalue weighted by molar-refractivity contribution is 7.89. The Morgan fingerprint density at radius 2 is 1.74 bits per heavy atom. The molecular weight excluding hydrogens is 364 g/mol. The zero-order valence-electron chi connectivity index (χ0n) is 15.7. The molecule has 2 aromatic rings. The number of benzene rings is 1. The van der Waals surface area contributed by atoms with Gasteiger partial charge in [0, 0.05) is 32.0 Å². The van der Waals surface area contributed by atoms with Gasteiger partial charge in [0.25, 0.3) is 0 Å². The Morgan fingerprint density at radius 1 is 1.00 bits per heavy atom. The maximum absolute atomic E-state index is 12.9. The quantitative estimate of drug-likeness (QED) is 0.802. The molecule has 8 heteroatoms. The van der Waals surface area contributed by atoms with Crippen LogP contribution in [0, 0.1) is 0 Å². The topological polar surface area (TPSA) is 77.3 Å². The molecule has 0 unspecified atom stereocenters. The number of rotatable bonds is 4. The van der Waals surface area contributed by atoms with Crippen LogP contribution in [0.1, 0.15) is 49.7 Å². The predicted octanol–water partition coefficient (Wildman–Crippen LogP) is 2.58. The van der Waals surface area contributed by atoms with Crippen LogP contribution in [0.25, 0.3) is 0 Å². The Labute approximate surface area is 160 Å². The lowest BCUT2D eigenvalue weighted by molar-refractivity contribution is 0.308. The van der Waals surface area contributed by atoms with E-state index in [1.54, 1.807) is 35.7 Å². The fourth-order valence-corrected chi connectivity index (χ4v) is 5.53. The molecule has 4 rings (SSSR count). The lowest BCUT2D eigenvalue weighted by atomic mass is 9.97. The van der Waals surface area contributed by atoms with Crippen molar-refractivity contribution in [2.75, 3.05) is 20.2 Å². The van der Waals surface area contributed by atoms with Crippen LogP contribution >= 0.6 is 0 Å². The van der Waals surface area contributed by atoms with E-state index in [1.165, 1.54) is 19.3 Å². The molecule has 0 spiro atoms. The van der Waals surface area contributed by atoms with Crippen LogP contribution in [-0.4, -0.2) is 47.7 Å². The first-order valence-corrected chi connectivity index (χ1v) is 11.1. The van der Waals surface area contributed by atoms with Gasteiger partial charge in [-0.2, -0.15) is 4.31 Å². The molecule has 7 nitrogen and oxygen atoms in total. The first kappa shape index (κ1) is 18.4. The van der Waals surface area contributed by atoms with E-state index >= 15 is 0 Å². The normalized spacial score (nSPS) is 19.4. The second kappa shape index (κ2) is 7.59. The second-order valence-corrected chi connectivity index (χ2v) is 9.23. The largest absolute Gasteiger partial charge is 0.497 e. The van der Waals surface area contributed by atoms with Crippen LogP contribution in [0.4, 0.5) is 0 Å². The van der Waals surface area contributed by atoms with E-state index in [0.29, 0.717) is 23.7 Å². The molecule has 0 amide bonds. The molecule has 1 fully saturated rings. The summed E-state index contributed by atoms with van der Waals surface area (Å²) in [4.78, 5) is 0.318. The summed E-state index contributed by atoms with van der Waals surface area (Å²) in [7, 11) is -1.90. The number of sulfonamides is 1. The summed E-state index contributed by atoms with van der Waals surface area (Å²) in [6, 6.07) is 6.59. The summed E-state index contributed by atoms with van der Waals surface area (Å²) >= 11 is 0. The molecule has 0 saturated carbocycles. The highest BCUT2D eigenvalue weighted by Crippen LogP contribution is 2.31. The number of aryl methyl sites for hydroxylation is 1. The van der Waals surface area contributed by atoms with Crippen LogP contribution in [-0.2, 0) is 23.0 Å². The van der Waals surface area contributed by atoms with Crippen molar-refractivity contribution in [2.45, 2.75) is 55.9 Å². The molecule has 0 N–H and O–H groups in total. The minimum Gasteiger partial charge on any atom is -0.497 e. The number of fused-ring (bicyclic) bond motifs is 1. The fourth-order valence-electron chi connectivity index (χ4n) is 4.06. The first-order valence-electron chi connectivity index (χ1n) is 9.66. The summed E-state index contributed by atoms with van der Waals surface area (Å²) < 4.78 is 34.8. The minimum absolute atomic E-state index is 0.284. The molecule has 3 heterocycles. The molecule has 1 saturated heterocycles. The van der Waals surface area contributed by atoms with Gasteiger partial charge in [-0.15, -0.1) is 10.2 Å². The van der Waals surface area contributed by atoms with Crippen molar-refractivity contribution >= 4 is 10.0 Å². The molecule has 2 aliphatic heterocycles. The Hall–Kier alpha value is -1.93. The van der Waals surface area contributed by atoms with E-state index in [1.807, 2.05) is 0 Å². The number of ether oxygens (including phenoxy) is 1.